The number of carbonyl (C=O) groups is 1. The molecule has 0 spiro atoms. The molecular weight excluding hydrogens is 260 g/mol. The number of hydrogen-bond acceptors (Lipinski definition) is 1. The van der Waals surface area contributed by atoms with E-state index in [2.05, 4.69) is 25.7 Å². The summed E-state index contributed by atoms with van der Waals surface area (Å²) in [4.78, 5) is 17.1. The van der Waals surface area contributed by atoms with Crippen molar-refractivity contribution in [2.75, 3.05) is 13.6 Å². The van der Waals surface area contributed by atoms with Gasteiger partial charge in [0.1, 0.15) is 0 Å². The fraction of sp³-hybridized carbons (Fsp3) is 0.944. The molecule has 4 bridgehead atoms. The summed E-state index contributed by atoms with van der Waals surface area (Å²) in [5.74, 6) is 3.57. The van der Waals surface area contributed by atoms with Gasteiger partial charge < -0.3 is 9.80 Å². The van der Waals surface area contributed by atoms with Gasteiger partial charge in [-0.15, -0.1) is 0 Å². The van der Waals surface area contributed by atoms with Crippen LogP contribution in [0.1, 0.15) is 52.9 Å². The number of nitrogens with zero attached hydrogens (tertiary/aromatic N) is 2. The largest absolute Gasteiger partial charge is 0.322 e. The Morgan fingerprint density at radius 2 is 1.48 bits per heavy atom. The van der Waals surface area contributed by atoms with E-state index in [0.29, 0.717) is 18.1 Å². The van der Waals surface area contributed by atoms with Crippen LogP contribution < -0.4 is 0 Å². The smallest absolute Gasteiger partial charge is 0.320 e. The van der Waals surface area contributed by atoms with Crippen LogP contribution in [0.25, 0.3) is 0 Å². The predicted molar refractivity (Wildman–Crippen MR) is 83.9 cm³/mol. The molecule has 5 aliphatic rings. The summed E-state index contributed by atoms with van der Waals surface area (Å²) in [6.45, 7) is 7.75. The van der Waals surface area contributed by atoms with Crippen molar-refractivity contribution in [3.05, 3.63) is 0 Å². The zero-order valence-corrected chi connectivity index (χ0v) is 14.0. The van der Waals surface area contributed by atoms with Gasteiger partial charge in [0, 0.05) is 19.6 Å². The molecule has 4 saturated carbocycles. The molecule has 0 N–H and O–H groups in total. The van der Waals surface area contributed by atoms with Gasteiger partial charge in [0.25, 0.3) is 0 Å². The first kappa shape index (κ1) is 13.9. The van der Waals surface area contributed by atoms with Crippen molar-refractivity contribution in [2.45, 2.75) is 65.0 Å². The molecule has 1 aliphatic heterocycles. The van der Waals surface area contributed by atoms with Crippen LogP contribution in [0, 0.1) is 29.1 Å². The Balaban J connectivity index is 1.58. The molecule has 0 unspecified atom stereocenters. The second-order valence-electron chi connectivity index (χ2n) is 9.35. The molecule has 21 heavy (non-hydrogen) atoms. The third-order valence-electron chi connectivity index (χ3n) is 6.92. The summed E-state index contributed by atoms with van der Waals surface area (Å²) in [5.41, 5.74) is 0.172. The summed E-state index contributed by atoms with van der Waals surface area (Å²) in [5, 5.41) is 0. The van der Waals surface area contributed by atoms with Gasteiger partial charge in [-0.05, 0) is 61.2 Å². The van der Waals surface area contributed by atoms with Crippen molar-refractivity contribution < 1.29 is 4.79 Å². The standard InChI is InChI=1S/C18H30N2O/c1-18(2,3)15-10-20(17(21)19(15)4)16-13-6-11-5-12(8-13)9-14(16)7-11/h11-16H,5-10H2,1-4H3/t11?,12?,13?,14?,15-,16?/m0/s1. The van der Waals surface area contributed by atoms with Gasteiger partial charge in [-0.3, -0.25) is 0 Å². The Morgan fingerprint density at radius 1 is 0.952 bits per heavy atom. The maximum atomic E-state index is 12.8. The molecule has 118 valence electrons. The van der Waals surface area contributed by atoms with Crippen LogP contribution in [-0.4, -0.2) is 41.5 Å². The van der Waals surface area contributed by atoms with Crippen molar-refractivity contribution >= 4 is 6.03 Å². The van der Waals surface area contributed by atoms with Crippen LogP contribution in [-0.2, 0) is 0 Å². The summed E-state index contributed by atoms with van der Waals surface area (Å²) in [6, 6.07) is 1.22. The maximum absolute atomic E-state index is 12.8. The lowest BCUT2D eigenvalue weighted by atomic mass is 9.54. The number of rotatable bonds is 1. The molecule has 4 aliphatic carbocycles. The Morgan fingerprint density at radius 3 is 1.90 bits per heavy atom. The van der Waals surface area contributed by atoms with Gasteiger partial charge in [0.2, 0.25) is 0 Å². The van der Waals surface area contributed by atoms with Crippen molar-refractivity contribution in [3.63, 3.8) is 0 Å². The summed E-state index contributed by atoms with van der Waals surface area (Å²) < 4.78 is 0. The quantitative estimate of drug-likeness (QED) is 0.724. The molecule has 0 radical (unpaired) electrons. The van der Waals surface area contributed by atoms with Crippen LogP contribution in [0.3, 0.4) is 0 Å². The van der Waals surface area contributed by atoms with Crippen molar-refractivity contribution in [1.29, 1.82) is 0 Å². The Labute approximate surface area is 129 Å². The lowest BCUT2D eigenvalue weighted by Gasteiger charge is -2.56. The number of urea groups is 1. The van der Waals surface area contributed by atoms with Crippen LogP contribution in [0.15, 0.2) is 0 Å². The number of carbonyl (C=O) groups excluding carboxylic acids is 1. The monoisotopic (exact) mass is 290 g/mol. The Hall–Kier alpha value is -0.730. The van der Waals surface area contributed by atoms with E-state index >= 15 is 0 Å². The lowest BCUT2D eigenvalue weighted by Crippen LogP contribution is -2.56. The molecule has 0 aromatic carbocycles. The highest BCUT2D eigenvalue weighted by Crippen LogP contribution is 2.55. The lowest BCUT2D eigenvalue weighted by molar-refractivity contribution is -0.0480. The molecule has 1 atom stereocenters. The Kier molecular flexibility index (Phi) is 2.91. The minimum Gasteiger partial charge on any atom is -0.322 e. The predicted octanol–water partition coefficient (Wildman–Crippen LogP) is 3.59. The summed E-state index contributed by atoms with van der Waals surface area (Å²) in [6.07, 6.45) is 7.06. The highest BCUT2D eigenvalue weighted by molar-refractivity contribution is 5.77. The van der Waals surface area contributed by atoms with Crippen LogP contribution in [0.4, 0.5) is 4.79 Å². The summed E-state index contributed by atoms with van der Waals surface area (Å²) in [7, 11) is 2.01. The van der Waals surface area contributed by atoms with Gasteiger partial charge >= 0.3 is 6.03 Å². The molecule has 2 amide bonds. The first-order chi connectivity index (χ1) is 9.84. The van der Waals surface area contributed by atoms with Gasteiger partial charge in [-0.25, -0.2) is 4.79 Å². The molecule has 1 saturated heterocycles. The van der Waals surface area contributed by atoms with Crippen LogP contribution >= 0.6 is 0 Å². The first-order valence-electron chi connectivity index (χ1n) is 8.88. The molecular formula is C18H30N2O. The molecule has 0 aromatic rings. The first-order valence-corrected chi connectivity index (χ1v) is 8.88. The maximum Gasteiger partial charge on any atom is 0.320 e. The fourth-order valence-electron chi connectivity index (χ4n) is 6.23. The van der Waals surface area contributed by atoms with E-state index in [1.807, 2.05) is 11.9 Å². The third-order valence-corrected chi connectivity index (χ3v) is 6.92. The highest BCUT2D eigenvalue weighted by atomic mass is 16.2. The average molecular weight is 290 g/mol. The van der Waals surface area contributed by atoms with Gasteiger partial charge in [0.15, 0.2) is 0 Å². The van der Waals surface area contributed by atoms with Gasteiger partial charge in [-0.2, -0.15) is 0 Å². The fourth-order valence-corrected chi connectivity index (χ4v) is 6.23. The summed E-state index contributed by atoms with van der Waals surface area (Å²) >= 11 is 0. The van der Waals surface area contributed by atoms with E-state index in [0.717, 1.165) is 30.2 Å². The van der Waals surface area contributed by atoms with Crippen molar-refractivity contribution in [1.82, 2.24) is 9.80 Å². The van der Waals surface area contributed by atoms with E-state index in [9.17, 15) is 4.79 Å². The van der Waals surface area contributed by atoms with Crippen molar-refractivity contribution in [3.8, 4) is 0 Å². The molecule has 5 rings (SSSR count). The van der Waals surface area contributed by atoms with E-state index < -0.39 is 0 Å². The second-order valence-corrected chi connectivity index (χ2v) is 9.35. The molecule has 3 nitrogen and oxygen atoms in total. The number of amides is 2. The normalized spacial score (nSPS) is 45.8. The van der Waals surface area contributed by atoms with Gasteiger partial charge in [-0.1, -0.05) is 20.8 Å². The molecule has 5 fully saturated rings. The second kappa shape index (κ2) is 4.39. The van der Waals surface area contributed by atoms with E-state index in [1.165, 1.54) is 32.1 Å². The molecule has 1 heterocycles. The van der Waals surface area contributed by atoms with Crippen LogP contribution in [0.2, 0.25) is 0 Å². The van der Waals surface area contributed by atoms with Crippen LogP contribution in [0.5, 0.6) is 0 Å². The number of likely N-dealkylation sites (N-methyl/N-ethyl adjacent to an activating group) is 1. The highest BCUT2D eigenvalue weighted by Gasteiger charge is 2.54. The minimum absolute atomic E-state index is 0.172. The topological polar surface area (TPSA) is 23.6 Å². The van der Waals surface area contributed by atoms with Gasteiger partial charge in [0.05, 0.1) is 6.04 Å². The van der Waals surface area contributed by atoms with E-state index in [1.54, 1.807) is 0 Å². The van der Waals surface area contributed by atoms with Crippen molar-refractivity contribution in [2.24, 2.45) is 29.1 Å². The zero-order valence-electron chi connectivity index (χ0n) is 14.0. The van der Waals surface area contributed by atoms with E-state index in [-0.39, 0.29) is 5.41 Å². The zero-order chi connectivity index (χ0) is 14.9. The molecule has 0 aromatic heterocycles. The third kappa shape index (κ3) is 2.03. The average Bonchev–Trinajstić information content (AvgIpc) is 2.66. The van der Waals surface area contributed by atoms with E-state index in [4.69, 9.17) is 0 Å². The SMILES string of the molecule is CN1C(=O)N(C2C3CC4CC(C3)CC2C4)C[C@H]1C(C)(C)C. The number of hydrogen-bond donors (Lipinski definition) is 0. The molecule has 3 heteroatoms. The minimum atomic E-state index is 0.172. The Bertz CT molecular complexity index is 425.